The van der Waals surface area contributed by atoms with Crippen molar-refractivity contribution in [3.63, 3.8) is 0 Å². The molecule has 1 N–H and O–H groups in total. The van der Waals surface area contributed by atoms with E-state index in [9.17, 15) is 9.59 Å². The Balaban J connectivity index is 1.53. The van der Waals surface area contributed by atoms with Crippen molar-refractivity contribution >= 4 is 40.0 Å². The van der Waals surface area contributed by atoms with Crippen LogP contribution in [0.5, 0.6) is 5.75 Å². The molecule has 6 aromatic rings. The van der Waals surface area contributed by atoms with E-state index < -0.39 is 12.0 Å². The molecule has 0 radical (unpaired) electrons. The van der Waals surface area contributed by atoms with Crippen molar-refractivity contribution in [1.29, 1.82) is 0 Å². The first-order valence-electron chi connectivity index (χ1n) is 15.1. The van der Waals surface area contributed by atoms with E-state index >= 15 is 0 Å². The van der Waals surface area contributed by atoms with Crippen molar-refractivity contribution in [3.8, 4) is 17.0 Å². The summed E-state index contributed by atoms with van der Waals surface area (Å²) in [5.74, 6) is 0.155. The quantitative estimate of drug-likeness (QED) is 0.208. The molecule has 1 aliphatic rings. The lowest BCUT2D eigenvalue weighted by Gasteiger charge is -2.26. The number of nitrogens with zero attached hydrogens (tertiary/aromatic N) is 2. The number of hydrogen-bond acceptors (Lipinski definition) is 6. The van der Waals surface area contributed by atoms with Crippen molar-refractivity contribution in [3.05, 3.63) is 151 Å². The highest BCUT2D eigenvalue weighted by Crippen LogP contribution is 2.36. The Morgan fingerprint density at radius 3 is 2.30 bits per heavy atom. The van der Waals surface area contributed by atoms with E-state index in [0.717, 1.165) is 44.4 Å². The van der Waals surface area contributed by atoms with Gasteiger partial charge in [-0.05, 0) is 48.7 Å². The Morgan fingerprint density at radius 1 is 0.935 bits per heavy atom. The molecular weight excluding hydrogens is 595 g/mol. The number of aromatic amines is 1. The third-order valence-electron chi connectivity index (χ3n) is 8.23. The van der Waals surface area contributed by atoms with E-state index in [4.69, 9.17) is 14.5 Å². The fourth-order valence-electron chi connectivity index (χ4n) is 6.04. The molecule has 8 heteroatoms. The van der Waals surface area contributed by atoms with Crippen molar-refractivity contribution in [2.45, 2.75) is 19.9 Å². The zero-order valence-electron chi connectivity index (χ0n) is 25.6. The maximum Gasteiger partial charge on any atom is 0.338 e. The lowest BCUT2D eigenvalue weighted by molar-refractivity contribution is -0.138. The number of ether oxygens (including phenoxy) is 2. The molecule has 0 bridgehead atoms. The number of thiazole rings is 1. The van der Waals surface area contributed by atoms with Gasteiger partial charge in [-0.3, -0.25) is 9.36 Å². The van der Waals surface area contributed by atoms with E-state index in [1.54, 1.807) is 18.6 Å². The van der Waals surface area contributed by atoms with E-state index in [2.05, 4.69) is 36.2 Å². The van der Waals surface area contributed by atoms with Crippen LogP contribution in [-0.4, -0.2) is 29.2 Å². The molecule has 4 aromatic carbocycles. The van der Waals surface area contributed by atoms with Crippen LogP contribution in [0.25, 0.3) is 33.9 Å². The summed E-state index contributed by atoms with van der Waals surface area (Å²) in [5, 5.41) is 1.02. The van der Waals surface area contributed by atoms with Crippen LogP contribution in [0.15, 0.2) is 118 Å². The molecule has 228 valence electrons. The average Bonchev–Trinajstić information content (AvgIpc) is 3.62. The second-order valence-corrected chi connectivity index (χ2v) is 12.0. The van der Waals surface area contributed by atoms with Crippen LogP contribution in [0.1, 0.15) is 35.2 Å². The summed E-state index contributed by atoms with van der Waals surface area (Å²) < 4.78 is 13.1. The SMILES string of the molecule is CCOC(=O)C1=C(c2ccccc2)N=c2s/c(=C/c3c(-c4ccccc4)[nH]c4c(C)cccc34)c(=O)n2[C@H]1c1ccc(OC)cc1. The molecule has 46 heavy (non-hydrogen) atoms. The van der Waals surface area contributed by atoms with Gasteiger partial charge in [-0.25, -0.2) is 9.79 Å². The third-order valence-corrected chi connectivity index (χ3v) is 9.21. The second-order valence-electron chi connectivity index (χ2n) is 11.0. The topological polar surface area (TPSA) is 85.7 Å². The largest absolute Gasteiger partial charge is 0.497 e. The minimum Gasteiger partial charge on any atom is -0.497 e. The van der Waals surface area contributed by atoms with Crippen LogP contribution < -0.4 is 19.6 Å². The molecule has 0 unspecified atom stereocenters. The molecule has 0 aliphatic carbocycles. The first kappa shape index (κ1) is 29.3. The number of rotatable bonds is 7. The number of fused-ring (bicyclic) bond motifs is 2. The number of nitrogens with one attached hydrogen (secondary N) is 1. The van der Waals surface area contributed by atoms with E-state index in [1.165, 1.54) is 11.3 Å². The van der Waals surface area contributed by atoms with Gasteiger partial charge in [-0.2, -0.15) is 0 Å². The van der Waals surface area contributed by atoms with Gasteiger partial charge in [0.05, 0.1) is 41.3 Å². The molecule has 0 saturated carbocycles. The van der Waals surface area contributed by atoms with Crippen LogP contribution in [0.2, 0.25) is 0 Å². The zero-order chi connectivity index (χ0) is 31.8. The normalized spacial score (nSPS) is 14.7. The van der Waals surface area contributed by atoms with Gasteiger partial charge in [0.15, 0.2) is 4.80 Å². The fraction of sp³-hybridized carbons (Fsp3) is 0.132. The Hall–Kier alpha value is -5.47. The monoisotopic (exact) mass is 625 g/mol. The summed E-state index contributed by atoms with van der Waals surface area (Å²) in [5.41, 5.74) is 7.07. The smallest absolute Gasteiger partial charge is 0.338 e. The predicted molar refractivity (Wildman–Crippen MR) is 183 cm³/mol. The van der Waals surface area contributed by atoms with E-state index in [-0.39, 0.29) is 12.2 Å². The standard InChI is InChI=1S/C38H31N3O4S/c1-4-45-37(43)31-34(25-15-9-6-10-16-25)40-38-41(35(31)26-18-20-27(44-3)21-19-26)36(42)30(46-38)22-29-28-17-11-12-23(2)32(28)39-33(29)24-13-7-5-8-14-24/h5-22,35,39H,4H2,1-3H3/b30-22+/t35-/m0/s1. The maximum absolute atomic E-state index is 14.5. The number of carbonyl (C=O) groups excluding carboxylic acids is 1. The van der Waals surface area contributed by atoms with Gasteiger partial charge in [0.25, 0.3) is 5.56 Å². The van der Waals surface area contributed by atoms with Crippen LogP contribution in [0.3, 0.4) is 0 Å². The number of carbonyl (C=O) groups is 1. The summed E-state index contributed by atoms with van der Waals surface area (Å²) in [6.07, 6.45) is 1.95. The maximum atomic E-state index is 14.5. The van der Waals surface area contributed by atoms with Gasteiger partial charge in [0.2, 0.25) is 0 Å². The predicted octanol–water partition coefficient (Wildman–Crippen LogP) is 6.40. The first-order chi connectivity index (χ1) is 22.5. The molecule has 0 fully saturated rings. The molecule has 0 spiro atoms. The van der Waals surface area contributed by atoms with Crippen LogP contribution in [0, 0.1) is 6.92 Å². The van der Waals surface area contributed by atoms with Gasteiger partial charge in [-0.1, -0.05) is 102 Å². The molecular formula is C38H31N3O4S. The number of methoxy groups -OCH3 is 1. The summed E-state index contributed by atoms with van der Waals surface area (Å²) in [4.78, 5) is 37.4. The minimum absolute atomic E-state index is 0.187. The number of para-hydroxylation sites is 1. The van der Waals surface area contributed by atoms with Crippen molar-refractivity contribution < 1.29 is 14.3 Å². The van der Waals surface area contributed by atoms with Gasteiger partial charge >= 0.3 is 5.97 Å². The molecule has 3 heterocycles. The first-order valence-corrected chi connectivity index (χ1v) is 15.9. The van der Waals surface area contributed by atoms with Crippen molar-refractivity contribution in [2.75, 3.05) is 13.7 Å². The molecule has 7 nitrogen and oxygen atoms in total. The number of H-pyrrole nitrogens is 1. The number of hydrogen-bond donors (Lipinski definition) is 1. The number of aryl methyl sites for hydroxylation is 1. The van der Waals surface area contributed by atoms with Crippen LogP contribution in [0.4, 0.5) is 0 Å². The highest BCUT2D eigenvalue weighted by atomic mass is 32.1. The Morgan fingerprint density at radius 2 is 1.63 bits per heavy atom. The molecule has 1 atom stereocenters. The Labute approximate surface area is 269 Å². The Bertz CT molecular complexity index is 2300. The molecule has 1 aliphatic heterocycles. The number of benzene rings is 4. The van der Waals surface area contributed by atoms with Crippen LogP contribution in [-0.2, 0) is 9.53 Å². The number of aromatic nitrogens is 2. The molecule has 7 rings (SSSR count). The molecule has 2 aromatic heterocycles. The molecule has 0 saturated heterocycles. The lowest BCUT2D eigenvalue weighted by atomic mass is 9.93. The second kappa shape index (κ2) is 12.1. The highest BCUT2D eigenvalue weighted by Gasteiger charge is 2.35. The fourth-order valence-corrected chi connectivity index (χ4v) is 7.02. The Kier molecular flexibility index (Phi) is 7.72. The van der Waals surface area contributed by atoms with Crippen LogP contribution >= 0.6 is 11.3 Å². The van der Waals surface area contributed by atoms with Crippen molar-refractivity contribution in [1.82, 2.24) is 9.55 Å². The minimum atomic E-state index is -0.766. The van der Waals surface area contributed by atoms with Gasteiger partial charge in [0, 0.05) is 22.0 Å². The molecule has 0 amide bonds. The summed E-state index contributed by atoms with van der Waals surface area (Å²) >= 11 is 1.31. The summed E-state index contributed by atoms with van der Waals surface area (Å²) in [7, 11) is 1.60. The highest BCUT2D eigenvalue weighted by molar-refractivity contribution is 7.07. The summed E-state index contributed by atoms with van der Waals surface area (Å²) in [6, 6.07) is 32.5. The summed E-state index contributed by atoms with van der Waals surface area (Å²) in [6.45, 7) is 4.03. The van der Waals surface area contributed by atoms with Gasteiger partial charge in [0.1, 0.15) is 5.75 Å². The lowest BCUT2D eigenvalue weighted by Crippen LogP contribution is -2.40. The zero-order valence-corrected chi connectivity index (χ0v) is 26.4. The van der Waals surface area contributed by atoms with E-state index in [0.29, 0.717) is 26.4 Å². The van der Waals surface area contributed by atoms with Gasteiger partial charge in [-0.15, -0.1) is 0 Å². The van der Waals surface area contributed by atoms with Gasteiger partial charge < -0.3 is 14.5 Å². The number of esters is 1. The van der Waals surface area contributed by atoms with Crippen molar-refractivity contribution in [2.24, 2.45) is 4.99 Å². The van der Waals surface area contributed by atoms with E-state index in [1.807, 2.05) is 84.9 Å². The third kappa shape index (κ3) is 5.06. The average molecular weight is 626 g/mol.